The molecule has 1 heterocycles. The van der Waals surface area contributed by atoms with Gasteiger partial charge in [0.25, 0.3) is 0 Å². The Labute approximate surface area is 127 Å². The molecule has 1 aromatic carbocycles. The molecule has 0 amide bonds. The molecule has 0 spiro atoms. The van der Waals surface area contributed by atoms with E-state index >= 15 is 0 Å². The van der Waals surface area contributed by atoms with Gasteiger partial charge in [-0.3, -0.25) is 4.98 Å². The summed E-state index contributed by atoms with van der Waals surface area (Å²) in [6.45, 7) is 2.15. The Kier molecular flexibility index (Phi) is 4.97. The van der Waals surface area contributed by atoms with Crippen molar-refractivity contribution in [2.75, 3.05) is 7.05 Å². The molecule has 0 saturated carbocycles. The average molecular weight is 340 g/mol. The monoisotopic (exact) mass is 338 g/mol. The molecule has 1 N–H and O–H groups in total. The Balaban J connectivity index is 2.37. The van der Waals surface area contributed by atoms with E-state index in [1.54, 1.807) is 0 Å². The van der Waals surface area contributed by atoms with Gasteiger partial charge in [0, 0.05) is 28.3 Å². The van der Waals surface area contributed by atoms with Gasteiger partial charge in [-0.25, -0.2) is 0 Å². The first-order valence-electron chi connectivity index (χ1n) is 6.17. The Morgan fingerprint density at radius 2 is 2.00 bits per heavy atom. The average Bonchev–Trinajstić information content (AvgIpc) is 2.45. The van der Waals surface area contributed by atoms with Gasteiger partial charge in [-0.05, 0) is 46.7 Å². The highest BCUT2D eigenvalue weighted by Gasteiger charge is 2.22. The molecule has 2 rings (SSSR count). The summed E-state index contributed by atoms with van der Waals surface area (Å²) < 4.78 is 0.917. The number of nitrogens with zero attached hydrogens (tertiary/aromatic N) is 1. The smallest absolute Gasteiger partial charge is 0.0596 e. The number of likely N-dealkylation sites (N-methyl/N-ethyl adjacent to an activating group) is 1. The van der Waals surface area contributed by atoms with Crippen LogP contribution in [0.4, 0.5) is 0 Å². The summed E-state index contributed by atoms with van der Waals surface area (Å²) >= 11 is 9.86. The number of rotatable bonds is 4. The summed E-state index contributed by atoms with van der Waals surface area (Å²) in [4.78, 5) is 4.43. The van der Waals surface area contributed by atoms with Gasteiger partial charge in [0.15, 0.2) is 0 Å². The van der Waals surface area contributed by atoms with Crippen LogP contribution in [-0.4, -0.2) is 12.0 Å². The van der Waals surface area contributed by atoms with Crippen LogP contribution in [0.25, 0.3) is 0 Å². The Hall–Kier alpha value is -0.900. The molecule has 2 nitrogen and oxygen atoms in total. The van der Waals surface area contributed by atoms with E-state index in [4.69, 9.17) is 11.6 Å². The molecule has 4 heteroatoms. The normalized spacial score (nSPS) is 14.1. The number of benzene rings is 1. The van der Waals surface area contributed by atoms with E-state index in [1.165, 1.54) is 0 Å². The highest BCUT2D eigenvalue weighted by atomic mass is 79.9. The first-order chi connectivity index (χ1) is 9.15. The SMILES string of the molecule is CNC(c1cccc(Br)c1Cl)C(C)c1ccccn1. The van der Waals surface area contributed by atoms with Gasteiger partial charge in [-0.15, -0.1) is 0 Å². The summed E-state index contributed by atoms with van der Waals surface area (Å²) in [5.41, 5.74) is 2.13. The number of hydrogen-bond donors (Lipinski definition) is 1. The van der Waals surface area contributed by atoms with E-state index in [0.29, 0.717) is 0 Å². The van der Waals surface area contributed by atoms with Crippen LogP contribution in [0.15, 0.2) is 47.1 Å². The molecule has 0 bridgehead atoms. The van der Waals surface area contributed by atoms with E-state index in [-0.39, 0.29) is 12.0 Å². The Morgan fingerprint density at radius 1 is 1.21 bits per heavy atom. The van der Waals surface area contributed by atoms with Crippen LogP contribution in [0, 0.1) is 0 Å². The molecule has 100 valence electrons. The molecule has 0 fully saturated rings. The van der Waals surface area contributed by atoms with Crippen molar-refractivity contribution < 1.29 is 0 Å². The van der Waals surface area contributed by atoms with Gasteiger partial charge in [0.1, 0.15) is 0 Å². The summed E-state index contributed by atoms with van der Waals surface area (Å²) in [7, 11) is 1.95. The molecule has 0 aliphatic heterocycles. The van der Waals surface area contributed by atoms with Gasteiger partial charge in [0.05, 0.1) is 5.02 Å². The van der Waals surface area contributed by atoms with Crippen LogP contribution in [0.2, 0.25) is 5.02 Å². The fraction of sp³-hybridized carbons (Fsp3) is 0.267. The lowest BCUT2D eigenvalue weighted by atomic mass is 9.91. The minimum atomic E-state index is 0.125. The number of hydrogen-bond acceptors (Lipinski definition) is 2. The Morgan fingerprint density at radius 3 is 2.63 bits per heavy atom. The highest BCUT2D eigenvalue weighted by Crippen LogP contribution is 2.36. The van der Waals surface area contributed by atoms with Gasteiger partial charge in [-0.2, -0.15) is 0 Å². The third-order valence-corrected chi connectivity index (χ3v) is 4.59. The maximum Gasteiger partial charge on any atom is 0.0596 e. The number of nitrogens with one attached hydrogen (secondary N) is 1. The zero-order valence-corrected chi connectivity index (χ0v) is 13.2. The summed E-state index contributed by atoms with van der Waals surface area (Å²) in [5, 5.41) is 4.09. The molecule has 2 aromatic rings. The van der Waals surface area contributed by atoms with Crippen molar-refractivity contribution in [3.8, 4) is 0 Å². The summed E-state index contributed by atoms with van der Waals surface area (Å²) in [6.07, 6.45) is 1.82. The van der Waals surface area contributed by atoms with Crippen molar-refractivity contribution in [3.63, 3.8) is 0 Å². The summed E-state index contributed by atoms with van der Waals surface area (Å²) in [5.74, 6) is 0.234. The molecule has 0 radical (unpaired) electrons. The van der Waals surface area contributed by atoms with Gasteiger partial charge in [0.2, 0.25) is 0 Å². The van der Waals surface area contributed by atoms with Crippen molar-refractivity contribution in [1.82, 2.24) is 10.3 Å². The van der Waals surface area contributed by atoms with Gasteiger partial charge < -0.3 is 5.32 Å². The maximum absolute atomic E-state index is 6.39. The summed E-state index contributed by atoms with van der Waals surface area (Å²) in [6, 6.07) is 12.1. The second-order valence-corrected chi connectivity index (χ2v) is 5.68. The van der Waals surface area contributed by atoms with Crippen LogP contribution in [0.3, 0.4) is 0 Å². The van der Waals surface area contributed by atoms with Gasteiger partial charge in [-0.1, -0.05) is 36.7 Å². The molecule has 2 atom stereocenters. The van der Waals surface area contributed by atoms with E-state index < -0.39 is 0 Å². The van der Waals surface area contributed by atoms with Crippen LogP contribution < -0.4 is 5.32 Å². The standard InChI is InChI=1S/C15H16BrClN2/c1-10(13-8-3-4-9-19-13)15(18-2)11-6-5-7-12(16)14(11)17/h3-10,15,18H,1-2H3. The van der Waals surface area contributed by atoms with Crippen molar-refractivity contribution in [3.05, 3.63) is 63.3 Å². The molecular weight excluding hydrogens is 324 g/mol. The van der Waals surface area contributed by atoms with Crippen molar-refractivity contribution in [1.29, 1.82) is 0 Å². The van der Waals surface area contributed by atoms with Gasteiger partial charge >= 0.3 is 0 Å². The Bertz CT molecular complexity index is 545. The lowest BCUT2D eigenvalue weighted by Crippen LogP contribution is -2.23. The molecule has 0 aliphatic rings. The molecule has 2 unspecified atom stereocenters. The van der Waals surface area contributed by atoms with Crippen molar-refractivity contribution in [2.45, 2.75) is 18.9 Å². The zero-order valence-electron chi connectivity index (χ0n) is 10.9. The van der Waals surface area contributed by atoms with E-state index in [2.05, 4.69) is 33.2 Å². The first kappa shape index (κ1) is 14.5. The third kappa shape index (κ3) is 3.16. The molecule has 0 saturated heterocycles. The zero-order chi connectivity index (χ0) is 13.8. The predicted octanol–water partition coefficient (Wildman–Crippen LogP) is 4.56. The maximum atomic E-state index is 6.39. The van der Waals surface area contributed by atoms with E-state index in [0.717, 1.165) is 20.8 Å². The number of pyridine rings is 1. The number of halogens is 2. The fourth-order valence-corrected chi connectivity index (χ4v) is 2.88. The minimum absolute atomic E-state index is 0.125. The van der Waals surface area contributed by atoms with Crippen LogP contribution in [0.5, 0.6) is 0 Å². The quantitative estimate of drug-likeness (QED) is 0.883. The first-order valence-corrected chi connectivity index (χ1v) is 7.34. The lowest BCUT2D eigenvalue weighted by molar-refractivity contribution is 0.499. The van der Waals surface area contributed by atoms with Crippen LogP contribution in [0.1, 0.15) is 30.1 Å². The topological polar surface area (TPSA) is 24.9 Å². The number of aromatic nitrogens is 1. The van der Waals surface area contributed by atoms with Crippen LogP contribution in [-0.2, 0) is 0 Å². The van der Waals surface area contributed by atoms with E-state index in [1.807, 2.05) is 49.6 Å². The predicted molar refractivity (Wildman–Crippen MR) is 83.6 cm³/mol. The highest BCUT2D eigenvalue weighted by molar-refractivity contribution is 9.10. The van der Waals surface area contributed by atoms with Crippen LogP contribution >= 0.6 is 27.5 Å². The lowest BCUT2D eigenvalue weighted by Gasteiger charge is -2.25. The molecule has 0 aliphatic carbocycles. The third-order valence-electron chi connectivity index (χ3n) is 3.28. The molecule has 1 aromatic heterocycles. The second-order valence-electron chi connectivity index (χ2n) is 4.45. The second kappa shape index (κ2) is 6.51. The minimum Gasteiger partial charge on any atom is -0.312 e. The fourth-order valence-electron chi connectivity index (χ4n) is 2.25. The van der Waals surface area contributed by atoms with Crippen molar-refractivity contribution in [2.24, 2.45) is 0 Å². The largest absolute Gasteiger partial charge is 0.312 e. The van der Waals surface area contributed by atoms with E-state index in [9.17, 15) is 0 Å². The molecule has 19 heavy (non-hydrogen) atoms. The van der Waals surface area contributed by atoms with Crippen molar-refractivity contribution >= 4 is 27.5 Å². The molecular formula is C15H16BrClN2.